The van der Waals surface area contributed by atoms with Crippen molar-refractivity contribution in [2.75, 3.05) is 0 Å². The number of nitrogens with one attached hydrogen (secondary N) is 1. The third-order valence-corrected chi connectivity index (χ3v) is 8.46. The van der Waals surface area contributed by atoms with Crippen LogP contribution in [-0.4, -0.2) is 19.6 Å². The van der Waals surface area contributed by atoms with Gasteiger partial charge in [0.15, 0.2) is 0 Å². The molecule has 1 aromatic carbocycles. The van der Waals surface area contributed by atoms with Gasteiger partial charge in [-0.05, 0) is 78.9 Å². The molecule has 2 fully saturated rings. The van der Waals surface area contributed by atoms with E-state index in [9.17, 15) is 13.5 Å². The lowest BCUT2D eigenvalue weighted by Crippen LogP contribution is -2.44. The van der Waals surface area contributed by atoms with Gasteiger partial charge in [0.25, 0.3) is 0 Å². The maximum absolute atomic E-state index is 11.6. The van der Waals surface area contributed by atoms with E-state index >= 15 is 0 Å². The van der Waals surface area contributed by atoms with Crippen molar-refractivity contribution in [2.45, 2.75) is 64.0 Å². The fourth-order valence-corrected chi connectivity index (χ4v) is 7.04. The zero-order valence-electron chi connectivity index (χ0n) is 14.5. The van der Waals surface area contributed by atoms with Gasteiger partial charge in [-0.3, -0.25) is 0 Å². The van der Waals surface area contributed by atoms with Gasteiger partial charge in [-0.1, -0.05) is 13.0 Å². The Labute approximate surface area is 149 Å². The van der Waals surface area contributed by atoms with Crippen molar-refractivity contribution in [3.63, 3.8) is 0 Å². The van der Waals surface area contributed by atoms with Gasteiger partial charge in [0.2, 0.25) is 0 Å². The molecule has 6 heteroatoms. The van der Waals surface area contributed by atoms with Gasteiger partial charge in [0.05, 0.1) is 6.10 Å². The van der Waals surface area contributed by atoms with Crippen LogP contribution in [0.1, 0.15) is 61.6 Å². The van der Waals surface area contributed by atoms with Gasteiger partial charge < -0.3 is 9.29 Å². The Hall–Kier alpha value is -1.11. The van der Waals surface area contributed by atoms with Gasteiger partial charge in [0, 0.05) is 12.1 Å². The summed E-state index contributed by atoms with van der Waals surface area (Å²) in [6.45, 7) is 2.62. The summed E-state index contributed by atoms with van der Waals surface area (Å²) < 4.78 is 30.9. The van der Waals surface area contributed by atoms with E-state index in [0.717, 1.165) is 44.1 Å². The van der Waals surface area contributed by atoms with Crippen molar-refractivity contribution >= 4 is 10.3 Å². The molecule has 0 amide bonds. The first-order chi connectivity index (χ1) is 11.9. The topological polar surface area (TPSA) is 75.6 Å². The van der Waals surface area contributed by atoms with Crippen LogP contribution in [0.3, 0.4) is 0 Å². The highest BCUT2D eigenvalue weighted by Crippen LogP contribution is 2.61. The molecule has 1 aliphatic heterocycles. The molecule has 4 aliphatic rings. The van der Waals surface area contributed by atoms with E-state index in [-0.39, 0.29) is 11.5 Å². The number of aliphatic hydroxyl groups excluding tert-OH is 1. The van der Waals surface area contributed by atoms with E-state index in [1.807, 2.05) is 6.07 Å². The fourth-order valence-electron chi connectivity index (χ4n) is 6.27. The van der Waals surface area contributed by atoms with Crippen LogP contribution in [0.2, 0.25) is 0 Å². The van der Waals surface area contributed by atoms with E-state index in [1.165, 1.54) is 11.1 Å². The molecular weight excluding hydrogens is 338 g/mol. The highest BCUT2D eigenvalue weighted by molar-refractivity contribution is 7.85. The Morgan fingerprint density at radius 3 is 2.88 bits per heavy atom. The van der Waals surface area contributed by atoms with Crippen LogP contribution in [0.5, 0.6) is 5.75 Å². The van der Waals surface area contributed by atoms with Crippen molar-refractivity contribution in [1.29, 1.82) is 0 Å². The van der Waals surface area contributed by atoms with E-state index in [2.05, 4.69) is 17.7 Å². The smallest absolute Gasteiger partial charge is 0.382 e. The van der Waals surface area contributed by atoms with Crippen LogP contribution in [-0.2, 0) is 23.3 Å². The zero-order chi connectivity index (χ0) is 17.4. The summed E-state index contributed by atoms with van der Waals surface area (Å²) >= 11 is 0. The van der Waals surface area contributed by atoms with Crippen molar-refractivity contribution in [1.82, 2.24) is 4.72 Å². The molecule has 0 spiro atoms. The second-order valence-electron chi connectivity index (χ2n) is 8.52. The van der Waals surface area contributed by atoms with Crippen LogP contribution >= 0.6 is 0 Å². The third-order valence-electron chi connectivity index (χ3n) is 7.56. The maximum Gasteiger partial charge on any atom is 0.382 e. The number of aliphatic hydroxyl groups is 1. The normalized spacial score (nSPS) is 41.0. The van der Waals surface area contributed by atoms with Crippen LogP contribution in [0, 0.1) is 17.3 Å². The molecule has 1 heterocycles. The maximum atomic E-state index is 11.6. The molecule has 0 bridgehead atoms. The molecule has 5 nitrogen and oxygen atoms in total. The first-order valence-corrected chi connectivity index (χ1v) is 10.8. The van der Waals surface area contributed by atoms with Crippen molar-refractivity contribution in [3.05, 3.63) is 28.8 Å². The Morgan fingerprint density at radius 2 is 2.04 bits per heavy atom. The second kappa shape index (κ2) is 5.21. The number of benzene rings is 1. The Bertz CT molecular complexity index is 836. The first kappa shape index (κ1) is 16.1. The van der Waals surface area contributed by atoms with Gasteiger partial charge in [-0.15, -0.1) is 0 Å². The summed E-state index contributed by atoms with van der Waals surface area (Å²) in [7, 11) is -3.65. The quantitative estimate of drug-likeness (QED) is 0.743. The molecule has 3 aliphatic carbocycles. The second-order valence-corrected chi connectivity index (χ2v) is 9.89. The van der Waals surface area contributed by atoms with Gasteiger partial charge >= 0.3 is 10.3 Å². The van der Waals surface area contributed by atoms with Gasteiger partial charge in [-0.2, -0.15) is 13.1 Å². The molecule has 0 saturated heterocycles. The fraction of sp³-hybridized carbons (Fsp3) is 0.684. The average Bonchev–Trinajstić information content (AvgIpc) is 2.88. The highest BCUT2D eigenvalue weighted by Gasteiger charge is 2.54. The summed E-state index contributed by atoms with van der Waals surface area (Å²) in [5, 5.41) is 10.5. The lowest BCUT2D eigenvalue weighted by Gasteiger charge is -2.50. The average molecular weight is 363 g/mol. The molecule has 25 heavy (non-hydrogen) atoms. The summed E-state index contributed by atoms with van der Waals surface area (Å²) in [5.74, 6) is 2.28. The standard InChI is InChI=1S/C19H25NO4S/c1-19-9-8-13-11-4-6-17-15(10-20-25(22,23)24-17)12(11)2-3-14(13)16(19)5-7-18(19)21/h4,6,13-14,16,18,20-21H,2-3,5,7-10H2,1H3/t13?,14?,16?,18?,19-/m0/s1. The summed E-state index contributed by atoms with van der Waals surface area (Å²) in [4.78, 5) is 0. The monoisotopic (exact) mass is 363 g/mol. The zero-order valence-corrected chi connectivity index (χ0v) is 15.3. The van der Waals surface area contributed by atoms with Crippen LogP contribution in [0.25, 0.3) is 0 Å². The number of fused-ring (bicyclic) bond motifs is 7. The molecule has 4 unspecified atom stereocenters. The largest absolute Gasteiger partial charge is 0.393 e. The van der Waals surface area contributed by atoms with Crippen LogP contribution in [0.4, 0.5) is 0 Å². The summed E-state index contributed by atoms with van der Waals surface area (Å²) in [6, 6.07) is 3.94. The van der Waals surface area contributed by atoms with E-state index in [1.54, 1.807) is 0 Å². The van der Waals surface area contributed by atoms with Gasteiger partial charge in [0.1, 0.15) is 5.75 Å². The molecule has 5 rings (SSSR count). The molecule has 136 valence electrons. The summed E-state index contributed by atoms with van der Waals surface area (Å²) in [6.07, 6.45) is 6.25. The minimum Gasteiger partial charge on any atom is -0.393 e. The number of rotatable bonds is 0. The van der Waals surface area contributed by atoms with E-state index in [0.29, 0.717) is 30.0 Å². The third kappa shape index (κ3) is 2.23. The SMILES string of the molecule is C[C@]12CCC3c4ccc5c(c4CCC3C1CCC2O)CNS(=O)(=O)O5. The Kier molecular flexibility index (Phi) is 3.35. The molecule has 0 aromatic heterocycles. The minimum absolute atomic E-state index is 0.0889. The minimum atomic E-state index is -3.65. The summed E-state index contributed by atoms with van der Waals surface area (Å²) in [5.41, 5.74) is 3.79. The van der Waals surface area contributed by atoms with Crippen LogP contribution < -0.4 is 8.91 Å². The number of hydrogen-bond acceptors (Lipinski definition) is 4. The van der Waals surface area contributed by atoms with Crippen molar-refractivity contribution in [2.24, 2.45) is 17.3 Å². The van der Waals surface area contributed by atoms with E-state index < -0.39 is 10.3 Å². The molecular formula is C19H25NO4S. The van der Waals surface area contributed by atoms with E-state index in [4.69, 9.17) is 4.18 Å². The predicted molar refractivity (Wildman–Crippen MR) is 93.5 cm³/mol. The molecule has 2 N–H and O–H groups in total. The molecule has 5 atom stereocenters. The molecule has 0 radical (unpaired) electrons. The first-order valence-electron chi connectivity index (χ1n) is 9.41. The highest BCUT2D eigenvalue weighted by atomic mass is 32.2. The van der Waals surface area contributed by atoms with Crippen molar-refractivity contribution < 1.29 is 17.7 Å². The predicted octanol–water partition coefficient (Wildman–Crippen LogP) is 2.63. The van der Waals surface area contributed by atoms with Crippen molar-refractivity contribution in [3.8, 4) is 5.75 Å². The lowest BCUT2D eigenvalue weighted by atomic mass is 9.55. The lowest BCUT2D eigenvalue weighted by molar-refractivity contribution is -0.0226. The molecule has 1 aromatic rings. The Balaban J connectivity index is 1.53. The van der Waals surface area contributed by atoms with Crippen LogP contribution in [0.15, 0.2) is 12.1 Å². The van der Waals surface area contributed by atoms with Gasteiger partial charge in [-0.25, -0.2) is 0 Å². The Morgan fingerprint density at radius 1 is 1.20 bits per heavy atom. The number of hydrogen-bond donors (Lipinski definition) is 2. The molecule has 2 saturated carbocycles.